The number of rotatable bonds is 4. The van der Waals surface area contributed by atoms with Gasteiger partial charge >= 0.3 is 0 Å². The Hall–Kier alpha value is -3.26. The summed E-state index contributed by atoms with van der Waals surface area (Å²) in [5, 5.41) is 3.35. The van der Waals surface area contributed by atoms with Gasteiger partial charge in [-0.05, 0) is 37.3 Å². The van der Waals surface area contributed by atoms with Crippen LogP contribution in [0.5, 0.6) is 0 Å². The number of amides is 1. The van der Waals surface area contributed by atoms with Crippen molar-refractivity contribution in [2.75, 3.05) is 18.4 Å². The molecule has 1 aliphatic heterocycles. The first-order valence-corrected chi connectivity index (χ1v) is 9.32. The summed E-state index contributed by atoms with van der Waals surface area (Å²) >= 11 is 0. The number of nitrogens with zero attached hydrogens (tertiary/aromatic N) is 3. The molecule has 0 aliphatic carbocycles. The van der Waals surface area contributed by atoms with E-state index in [0.29, 0.717) is 42.5 Å². The Morgan fingerprint density at radius 3 is 2.59 bits per heavy atom. The maximum atomic E-state index is 13.9. The number of aromatic nitrogens is 2. The monoisotopic (exact) mass is 397 g/mol. The minimum Gasteiger partial charge on any atom is -0.340 e. The standard InChI is InChI=1S/C21H21F2N5O/c1-13-2-5-15(6-3-13)25-21-20(14-4-7-16(22)17(23)10-14)26-18-12-27(19(29)11-24)8-9-28(18)21/h2-7,10,25H,8-9,11-12,24H2,1H3. The van der Waals surface area contributed by atoms with Crippen molar-refractivity contribution in [3.05, 3.63) is 65.5 Å². The van der Waals surface area contributed by atoms with E-state index in [9.17, 15) is 13.6 Å². The third kappa shape index (κ3) is 3.71. The molecule has 150 valence electrons. The van der Waals surface area contributed by atoms with E-state index >= 15 is 0 Å². The number of carbonyl (C=O) groups excluding carboxylic acids is 1. The van der Waals surface area contributed by atoms with Gasteiger partial charge < -0.3 is 20.5 Å². The molecule has 4 rings (SSSR count). The summed E-state index contributed by atoms with van der Waals surface area (Å²) in [5.74, 6) is -0.663. The largest absolute Gasteiger partial charge is 0.340 e. The van der Waals surface area contributed by atoms with Gasteiger partial charge in [0.1, 0.15) is 17.3 Å². The second kappa shape index (κ2) is 7.63. The van der Waals surface area contributed by atoms with Crippen molar-refractivity contribution >= 4 is 17.4 Å². The van der Waals surface area contributed by atoms with Crippen LogP contribution in [0.3, 0.4) is 0 Å². The number of imidazole rings is 1. The van der Waals surface area contributed by atoms with Gasteiger partial charge in [-0.3, -0.25) is 4.79 Å². The summed E-state index contributed by atoms with van der Waals surface area (Å²) in [6, 6.07) is 11.6. The molecule has 0 saturated carbocycles. The zero-order valence-electron chi connectivity index (χ0n) is 16.0. The smallest absolute Gasteiger partial charge is 0.236 e. The fourth-order valence-electron chi connectivity index (χ4n) is 3.42. The first kappa shape index (κ1) is 19.1. The Morgan fingerprint density at radius 1 is 1.14 bits per heavy atom. The topological polar surface area (TPSA) is 76.2 Å². The van der Waals surface area contributed by atoms with Crippen molar-refractivity contribution in [3.8, 4) is 11.3 Å². The fourth-order valence-corrected chi connectivity index (χ4v) is 3.42. The predicted octanol–water partition coefficient (Wildman–Crippen LogP) is 3.18. The second-order valence-electron chi connectivity index (χ2n) is 7.02. The lowest BCUT2D eigenvalue weighted by Gasteiger charge is -2.28. The highest BCUT2D eigenvalue weighted by Gasteiger charge is 2.26. The quantitative estimate of drug-likeness (QED) is 0.709. The Balaban J connectivity index is 1.78. The average Bonchev–Trinajstić information content (AvgIpc) is 3.08. The first-order valence-electron chi connectivity index (χ1n) is 9.32. The molecule has 8 heteroatoms. The number of benzene rings is 2. The van der Waals surface area contributed by atoms with E-state index < -0.39 is 11.6 Å². The number of fused-ring (bicyclic) bond motifs is 1. The number of nitrogens with one attached hydrogen (secondary N) is 1. The lowest BCUT2D eigenvalue weighted by molar-refractivity contribution is -0.131. The Labute approximate surface area is 167 Å². The molecule has 0 saturated heterocycles. The van der Waals surface area contributed by atoms with Crippen LogP contribution in [0.4, 0.5) is 20.3 Å². The number of anilines is 2. The van der Waals surface area contributed by atoms with Crippen molar-refractivity contribution in [3.63, 3.8) is 0 Å². The number of nitrogens with two attached hydrogens (primary N) is 1. The molecule has 2 heterocycles. The Morgan fingerprint density at radius 2 is 1.90 bits per heavy atom. The molecule has 6 nitrogen and oxygen atoms in total. The van der Waals surface area contributed by atoms with Crippen LogP contribution in [0.15, 0.2) is 42.5 Å². The molecular formula is C21H21F2N5O. The van der Waals surface area contributed by atoms with Crippen LogP contribution in [0.2, 0.25) is 0 Å². The summed E-state index contributed by atoms with van der Waals surface area (Å²) < 4.78 is 29.3. The van der Waals surface area contributed by atoms with Crippen LogP contribution in [0.1, 0.15) is 11.4 Å². The molecule has 0 atom stereocenters. The van der Waals surface area contributed by atoms with Gasteiger partial charge in [-0.25, -0.2) is 13.8 Å². The van der Waals surface area contributed by atoms with Gasteiger partial charge in [-0.2, -0.15) is 0 Å². The number of aryl methyl sites for hydroxylation is 1. The molecule has 0 unspecified atom stereocenters. The SMILES string of the molecule is Cc1ccc(Nc2c(-c3ccc(F)c(F)c3)nc3n2CCN(C(=O)CN)C3)cc1. The van der Waals surface area contributed by atoms with Crippen molar-refractivity contribution in [2.45, 2.75) is 20.0 Å². The third-order valence-electron chi connectivity index (χ3n) is 5.01. The van der Waals surface area contributed by atoms with Crippen molar-refractivity contribution in [1.82, 2.24) is 14.5 Å². The number of carbonyl (C=O) groups is 1. The minimum atomic E-state index is -0.935. The van der Waals surface area contributed by atoms with Crippen LogP contribution in [0, 0.1) is 18.6 Å². The molecule has 29 heavy (non-hydrogen) atoms. The Bertz CT molecular complexity index is 1060. The molecule has 3 N–H and O–H groups in total. The lowest BCUT2D eigenvalue weighted by atomic mass is 10.1. The van der Waals surface area contributed by atoms with Gasteiger partial charge in [0.2, 0.25) is 5.91 Å². The maximum Gasteiger partial charge on any atom is 0.236 e. The molecule has 0 bridgehead atoms. The van der Waals surface area contributed by atoms with E-state index in [1.165, 1.54) is 6.07 Å². The van der Waals surface area contributed by atoms with Crippen LogP contribution in [0.25, 0.3) is 11.3 Å². The zero-order chi connectivity index (χ0) is 20.5. The van der Waals surface area contributed by atoms with E-state index in [1.54, 1.807) is 4.90 Å². The second-order valence-corrected chi connectivity index (χ2v) is 7.02. The summed E-state index contributed by atoms with van der Waals surface area (Å²) in [6.07, 6.45) is 0. The highest BCUT2D eigenvalue weighted by Crippen LogP contribution is 2.33. The minimum absolute atomic E-state index is 0.0643. The third-order valence-corrected chi connectivity index (χ3v) is 5.01. The van der Waals surface area contributed by atoms with E-state index in [2.05, 4.69) is 10.3 Å². The number of hydrogen-bond acceptors (Lipinski definition) is 4. The van der Waals surface area contributed by atoms with Crippen LogP contribution >= 0.6 is 0 Å². The molecule has 1 amide bonds. The molecular weight excluding hydrogens is 376 g/mol. The molecule has 0 fully saturated rings. The zero-order valence-corrected chi connectivity index (χ0v) is 16.0. The normalized spacial score (nSPS) is 13.3. The van der Waals surface area contributed by atoms with E-state index in [-0.39, 0.29) is 12.5 Å². The van der Waals surface area contributed by atoms with Crippen LogP contribution < -0.4 is 11.1 Å². The lowest BCUT2D eigenvalue weighted by Crippen LogP contribution is -2.41. The molecule has 0 radical (unpaired) electrons. The number of hydrogen-bond donors (Lipinski definition) is 2. The summed E-state index contributed by atoms with van der Waals surface area (Å²) in [4.78, 5) is 18.3. The van der Waals surface area contributed by atoms with Gasteiger partial charge in [0.25, 0.3) is 0 Å². The van der Waals surface area contributed by atoms with Gasteiger partial charge in [-0.15, -0.1) is 0 Å². The van der Waals surface area contributed by atoms with Gasteiger partial charge in [-0.1, -0.05) is 17.7 Å². The van der Waals surface area contributed by atoms with E-state index in [4.69, 9.17) is 5.73 Å². The van der Waals surface area contributed by atoms with Gasteiger partial charge in [0.05, 0.1) is 13.1 Å². The summed E-state index contributed by atoms with van der Waals surface area (Å²) in [5.41, 5.74) is 8.42. The summed E-state index contributed by atoms with van der Waals surface area (Å²) in [6.45, 7) is 3.26. The van der Waals surface area contributed by atoms with Gasteiger partial charge in [0.15, 0.2) is 11.6 Å². The van der Waals surface area contributed by atoms with Crippen molar-refractivity contribution < 1.29 is 13.6 Å². The molecule has 0 spiro atoms. The fraction of sp³-hybridized carbons (Fsp3) is 0.238. The molecule has 3 aromatic rings. The van der Waals surface area contributed by atoms with Crippen molar-refractivity contribution in [1.29, 1.82) is 0 Å². The van der Waals surface area contributed by atoms with E-state index in [1.807, 2.05) is 35.8 Å². The highest BCUT2D eigenvalue weighted by molar-refractivity contribution is 5.79. The van der Waals surface area contributed by atoms with Crippen molar-refractivity contribution in [2.24, 2.45) is 5.73 Å². The maximum absolute atomic E-state index is 13.9. The van der Waals surface area contributed by atoms with Gasteiger partial charge in [0, 0.05) is 24.3 Å². The van der Waals surface area contributed by atoms with Crippen LogP contribution in [-0.2, 0) is 17.9 Å². The Kier molecular flexibility index (Phi) is 5.02. The average molecular weight is 397 g/mol. The molecule has 1 aliphatic rings. The summed E-state index contributed by atoms with van der Waals surface area (Å²) in [7, 11) is 0. The molecule has 2 aromatic carbocycles. The predicted molar refractivity (Wildman–Crippen MR) is 107 cm³/mol. The highest BCUT2D eigenvalue weighted by atomic mass is 19.2. The van der Waals surface area contributed by atoms with Crippen LogP contribution in [-0.4, -0.2) is 33.4 Å². The first-order chi connectivity index (χ1) is 14.0. The molecule has 1 aromatic heterocycles. The number of halogens is 2. The van der Waals surface area contributed by atoms with E-state index in [0.717, 1.165) is 23.4 Å².